The fourth-order valence-corrected chi connectivity index (χ4v) is 4.79. The summed E-state index contributed by atoms with van der Waals surface area (Å²) in [6.07, 6.45) is 3.23. The minimum absolute atomic E-state index is 0.316. The topological polar surface area (TPSA) is 94.0 Å². The summed E-state index contributed by atoms with van der Waals surface area (Å²) in [5, 5.41) is 6.42. The summed E-state index contributed by atoms with van der Waals surface area (Å²) in [5.74, 6) is 0.331. The molecule has 3 N–H and O–H groups in total. The van der Waals surface area contributed by atoms with Gasteiger partial charge in [-0.3, -0.25) is 10.1 Å². The Labute approximate surface area is 184 Å². The van der Waals surface area contributed by atoms with Crippen LogP contribution in [-0.2, 0) is 0 Å². The third-order valence-corrected chi connectivity index (χ3v) is 6.52. The number of fused-ring (bicyclic) bond motifs is 1. The number of pyridine rings is 1. The minimum Gasteiger partial charge on any atom is -0.464 e. The lowest BCUT2D eigenvalue weighted by molar-refractivity contribution is 0.103. The molecule has 6 nitrogen and oxygen atoms in total. The number of furan rings is 1. The molecule has 0 aliphatic heterocycles. The molecular formula is C21H13ClN4O2S2. The summed E-state index contributed by atoms with van der Waals surface area (Å²) in [7, 11) is 0. The van der Waals surface area contributed by atoms with Crippen molar-refractivity contribution in [2.45, 2.75) is 0 Å². The van der Waals surface area contributed by atoms with Gasteiger partial charge >= 0.3 is 0 Å². The van der Waals surface area contributed by atoms with Gasteiger partial charge in [-0.15, -0.1) is 22.7 Å². The molecule has 0 aliphatic carbocycles. The van der Waals surface area contributed by atoms with Gasteiger partial charge in [-0.25, -0.2) is 9.97 Å². The molecule has 0 atom stereocenters. The van der Waals surface area contributed by atoms with Gasteiger partial charge in [0, 0.05) is 33.1 Å². The van der Waals surface area contributed by atoms with Crippen molar-refractivity contribution in [1.82, 2.24) is 9.97 Å². The van der Waals surface area contributed by atoms with E-state index in [0.717, 1.165) is 16.8 Å². The van der Waals surface area contributed by atoms with Crippen molar-refractivity contribution in [3.8, 4) is 22.6 Å². The van der Waals surface area contributed by atoms with Crippen LogP contribution in [0.1, 0.15) is 9.67 Å². The molecule has 0 radical (unpaired) electrons. The molecule has 0 saturated heterocycles. The van der Waals surface area contributed by atoms with E-state index in [1.54, 1.807) is 17.8 Å². The Bertz CT molecular complexity index is 1340. The Morgan fingerprint density at radius 1 is 1.20 bits per heavy atom. The van der Waals surface area contributed by atoms with Crippen LogP contribution in [0.4, 0.5) is 10.8 Å². The lowest BCUT2D eigenvalue weighted by atomic mass is 10.0. The molecular weight excluding hydrogens is 440 g/mol. The number of carbonyl (C=O) groups is 1. The van der Waals surface area contributed by atoms with Crippen LogP contribution in [0.5, 0.6) is 0 Å². The van der Waals surface area contributed by atoms with Crippen molar-refractivity contribution >= 4 is 61.2 Å². The van der Waals surface area contributed by atoms with Gasteiger partial charge in [0.1, 0.15) is 15.5 Å². The summed E-state index contributed by atoms with van der Waals surface area (Å²) in [4.78, 5) is 22.7. The molecule has 1 aromatic carbocycles. The third kappa shape index (κ3) is 3.35. The van der Waals surface area contributed by atoms with E-state index in [2.05, 4.69) is 10.3 Å². The van der Waals surface area contributed by atoms with E-state index in [9.17, 15) is 4.79 Å². The molecule has 0 spiro atoms. The maximum Gasteiger partial charge on any atom is 0.269 e. The highest BCUT2D eigenvalue weighted by molar-refractivity contribution is 7.21. The average Bonchev–Trinajstić information content (AvgIpc) is 3.50. The van der Waals surface area contributed by atoms with Crippen LogP contribution in [-0.4, -0.2) is 15.9 Å². The highest BCUT2D eigenvalue weighted by Crippen LogP contribution is 2.41. The number of benzene rings is 1. The Balaban J connectivity index is 1.69. The number of aromatic nitrogens is 2. The zero-order chi connectivity index (χ0) is 20.7. The quantitative estimate of drug-likeness (QED) is 0.340. The van der Waals surface area contributed by atoms with Crippen LogP contribution in [0.2, 0.25) is 5.02 Å². The first-order chi connectivity index (χ1) is 14.6. The van der Waals surface area contributed by atoms with Crippen LogP contribution >= 0.6 is 34.3 Å². The van der Waals surface area contributed by atoms with E-state index in [-0.39, 0.29) is 5.91 Å². The lowest BCUT2D eigenvalue weighted by Crippen LogP contribution is -2.11. The Morgan fingerprint density at radius 3 is 2.73 bits per heavy atom. The molecule has 0 aliphatic rings. The number of nitrogens with one attached hydrogen (secondary N) is 1. The predicted molar refractivity (Wildman–Crippen MR) is 122 cm³/mol. The van der Waals surface area contributed by atoms with Gasteiger partial charge in [0.25, 0.3) is 5.91 Å². The maximum absolute atomic E-state index is 12.8. The molecule has 30 heavy (non-hydrogen) atoms. The second kappa shape index (κ2) is 7.56. The predicted octanol–water partition coefficient (Wildman–Crippen LogP) is 6.17. The van der Waals surface area contributed by atoms with Crippen molar-refractivity contribution in [3.63, 3.8) is 0 Å². The van der Waals surface area contributed by atoms with Crippen molar-refractivity contribution in [2.75, 3.05) is 11.1 Å². The van der Waals surface area contributed by atoms with Crippen molar-refractivity contribution in [1.29, 1.82) is 0 Å². The number of nitrogens with zero attached hydrogens (tertiary/aromatic N) is 2. The molecule has 4 heterocycles. The number of rotatable bonds is 4. The van der Waals surface area contributed by atoms with E-state index in [1.165, 1.54) is 22.7 Å². The highest BCUT2D eigenvalue weighted by atomic mass is 35.5. The van der Waals surface area contributed by atoms with Crippen LogP contribution in [0, 0.1) is 0 Å². The number of amides is 1. The summed E-state index contributed by atoms with van der Waals surface area (Å²) in [5.41, 5.74) is 9.19. The zero-order valence-corrected chi connectivity index (χ0v) is 17.6. The third-order valence-electron chi connectivity index (χ3n) is 4.48. The van der Waals surface area contributed by atoms with Gasteiger partial charge in [-0.2, -0.15) is 0 Å². The molecule has 9 heteroatoms. The second-order valence-electron chi connectivity index (χ2n) is 6.36. The van der Waals surface area contributed by atoms with Crippen molar-refractivity contribution in [2.24, 2.45) is 0 Å². The lowest BCUT2D eigenvalue weighted by Gasteiger charge is -2.07. The largest absolute Gasteiger partial charge is 0.464 e. The first-order valence-electron chi connectivity index (χ1n) is 8.84. The van der Waals surface area contributed by atoms with Crippen LogP contribution in [0.3, 0.4) is 0 Å². The van der Waals surface area contributed by atoms with Crippen LogP contribution in [0.25, 0.3) is 32.8 Å². The molecule has 0 unspecified atom stereocenters. The van der Waals surface area contributed by atoms with E-state index >= 15 is 0 Å². The number of thiazole rings is 1. The number of anilines is 2. The number of nitrogen functional groups attached to an aromatic ring is 1. The molecule has 0 saturated carbocycles. The first-order valence-corrected chi connectivity index (χ1v) is 10.9. The van der Waals surface area contributed by atoms with E-state index in [4.69, 9.17) is 26.7 Å². The standard InChI is InChI=1S/C21H13ClN4O2S2/c22-12-5-3-11(4-6-12)14-10-13(15-2-1-8-28-15)16-17(23)18(30-20(16)25-14)19(27)26-21-24-7-9-29-21/h1-10H,23H2,(H,24,26,27). The van der Waals surface area contributed by atoms with E-state index in [0.29, 0.717) is 36.7 Å². The number of hydrogen-bond donors (Lipinski definition) is 2. The monoisotopic (exact) mass is 452 g/mol. The Morgan fingerprint density at radius 2 is 2.03 bits per heavy atom. The normalized spacial score (nSPS) is 11.1. The zero-order valence-electron chi connectivity index (χ0n) is 15.3. The average molecular weight is 453 g/mol. The molecule has 1 amide bonds. The van der Waals surface area contributed by atoms with E-state index < -0.39 is 0 Å². The first kappa shape index (κ1) is 18.8. The summed E-state index contributed by atoms with van der Waals surface area (Å²) in [6.45, 7) is 0. The molecule has 4 aromatic heterocycles. The molecule has 0 bridgehead atoms. The van der Waals surface area contributed by atoms with Crippen LogP contribution < -0.4 is 11.1 Å². The SMILES string of the molecule is Nc1c(C(=O)Nc2nccs2)sc2nc(-c3ccc(Cl)cc3)cc(-c3ccco3)c12. The summed E-state index contributed by atoms with van der Waals surface area (Å²) >= 11 is 8.60. The van der Waals surface area contributed by atoms with Crippen LogP contribution in [0.15, 0.2) is 64.7 Å². The number of carbonyl (C=O) groups excluding carboxylic acids is 1. The van der Waals surface area contributed by atoms with Gasteiger partial charge in [0.15, 0.2) is 5.13 Å². The second-order valence-corrected chi connectivity index (χ2v) is 8.69. The fourth-order valence-electron chi connectivity index (χ4n) is 3.12. The number of halogens is 1. The van der Waals surface area contributed by atoms with E-state index in [1.807, 2.05) is 42.5 Å². The van der Waals surface area contributed by atoms with Gasteiger partial charge in [0.05, 0.1) is 17.6 Å². The Kier molecular flexibility index (Phi) is 4.74. The van der Waals surface area contributed by atoms with Gasteiger partial charge in [-0.05, 0) is 30.3 Å². The molecule has 148 valence electrons. The summed E-state index contributed by atoms with van der Waals surface area (Å²) in [6, 6.07) is 13.0. The number of hydrogen-bond acceptors (Lipinski definition) is 7. The van der Waals surface area contributed by atoms with Crippen molar-refractivity contribution in [3.05, 3.63) is 70.2 Å². The van der Waals surface area contributed by atoms with Gasteiger partial charge in [0.2, 0.25) is 0 Å². The molecule has 5 rings (SSSR count). The number of nitrogens with two attached hydrogens (primary N) is 1. The van der Waals surface area contributed by atoms with Crippen molar-refractivity contribution < 1.29 is 9.21 Å². The molecule has 5 aromatic rings. The highest BCUT2D eigenvalue weighted by Gasteiger charge is 2.23. The smallest absolute Gasteiger partial charge is 0.269 e. The minimum atomic E-state index is -0.316. The molecule has 0 fully saturated rings. The summed E-state index contributed by atoms with van der Waals surface area (Å²) < 4.78 is 5.64. The Hall–Kier alpha value is -3.20. The maximum atomic E-state index is 12.8. The number of thiophene rings is 1. The van der Waals surface area contributed by atoms with Gasteiger partial charge < -0.3 is 10.2 Å². The fraction of sp³-hybridized carbons (Fsp3) is 0. The van der Waals surface area contributed by atoms with Gasteiger partial charge in [-0.1, -0.05) is 23.7 Å².